The van der Waals surface area contributed by atoms with Crippen LogP contribution in [0.5, 0.6) is 11.5 Å². The molecule has 0 unspecified atom stereocenters. The Morgan fingerprint density at radius 2 is 1.79 bits per heavy atom. The zero-order valence-corrected chi connectivity index (χ0v) is 23.0. The van der Waals surface area contributed by atoms with Crippen molar-refractivity contribution in [3.05, 3.63) is 64.2 Å². The van der Waals surface area contributed by atoms with Gasteiger partial charge in [-0.2, -0.15) is 4.37 Å². The molecule has 1 heterocycles. The van der Waals surface area contributed by atoms with Crippen LogP contribution in [0.1, 0.15) is 69.9 Å². The fourth-order valence-corrected chi connectivity index (χ4v) is 5.56. The van der Waals surface area contributed by atoms with Crippen LogP contribution in [0.4, 0.5) is 11.4 Å². The Kier molecular flexibility index (Phi) is 8.70. The first kappa shape index (κ1) is 27.9. The van der Waals surface area contributed by atoms with E-state index in [4.69, 9.17) is 20.9 Å². The Bertz CT molecular complexity index is 1350. The van der Waals surface area contributed by atoms with E-state index in [1.54, 1.807) is 30.3 Å². The number of amides is 3. The number of nitrogen functional groups attached to an aromatic ring is 1. The zero-order chi connectivity index (χ0) is 28.1. The second-order valence-corrected chi connectivity index (χ2v) is 10.1. The summed E-state index contributed by atoms with van der Waals surface area (Å²) in [6.45, 7) is 2.03. The van der Waals surface area contributed by atoms with Crippen molar-refractivity contribution >= 4 is 40.6 Å². The largest absolute Gasteiger partial charge is 0.497 e. The Morgan fingerprint density at radius 3 is 2.36 bits per heavy atom. The number of nitrogens with one attached hydrogen (secondary N) is 1. The van der Waals surface area contributed by atoms with Gasteiger partial charge in [-0.15, -0.1) is 0 Å². The standard InChI is InChI=1S/C28H33N5O5S/c1-4-16-9-11-18(12-10-16)33(28(36)25-22(29)23(26(30)34)32-39-25)24(27(35)31-17-7-5-6-8-17)20-15-19(37-2)13-14-21(20)38-3/h9-15,17,24H,4-8,29H2,1-3H3,(H2,30,34)(H,31,35)/t24-/m0/s1. The van der Waals surface area contributed by atoms with E-state index in [0.717, 1.165) is 49.2 Å². The lowest BCUT2D eigenvalue weighted by Gasteiger charge is -2.33. The maximum atomic E-state index is 14.3. The van der Waals surface area contributed by atoms with E-state index in [2.05, 4.69) is 9.69 Å². The van der Waals surface area contributed by atoms with Crippen LogP contribution in [-0.4, -0.2) is 42.4 Å². The number of benzene rings is 2. The minimum Gasteiger partial charge on any atom is -0.497 e. The van der Waals surface area contributed by atoms with Crippen molar-refractivity contribution in [2.75, 3.05) is 24.9 Å². The van der Waals surface area contributed by atoms with E-state index in [0.29, 0.717) is 22.7 Å². The van der Waals surface area contributed by atoms with Gasteiger partial charge in [0, 0.05) is 17.3 Å². The number of anilines is 2. The summed E-state index contributed by atoms with van der Waals surface area (Å²) in [5, 5.41) is 3.14. The predicted molar refractivity (Wildman–Crippen MR) is 150 cm³/mol. The fraction of sp³-hybridized carbons (Fsp3) is 0.357. The molecule has 1 atom stereocenters. The highest BCUT2D eigenvalue weighted by Crippen LogP contribution is 2.38. The Labute approximate surface area is 231 Å². The summed E-state index contributed by atoms with van der Waals surface area (Å²) in [6.07, 6.45) is 4.56. The molecule has 3 amide bonds. The molecule has 10 nitrogen and oxygen atoms in total. The van der Waals surface area contributed by atoms with Crippen LogP contribution in [0.3, 0.4) is 0 Å². The van der Waals surface area contributed by atoms with Crippen LogP contribution in [0, 0.1) is 0 Å². The SMILES string of the molecule is CCc1ccc(N(C(=O)c2snc(C(N)=O)c2N)[C@H](C(=O)NC2CCCC2)c2cc(OC)ccc2OC)cc1. The average Bonchev–Trinajstić information content (AvgIpc) is 3.60. The van der Waals surface area contributed by atoms with Gasteiger partial charge in [0.05, 0.1) is 19.9 Å². The summed E-state index contributed by atoms with van der Waals surface area (Å²) < 4.78 is 15.1. The van der Waals surface area contributed by atoms with Crippen molar-refractivity contribution in [1.29, 1.82) is 0 Å². The fourth-order valence-electron chi connectivity index (χ4n) is 4.82. The minimum absolute atomic E-state index is 0.00361. The third-order valence-electron chi connectivity index (χ3n) is 6.94. The summed E-state index contributed by atoms with van der Waals surface area (Å²) in [5.41, 5.74) is 13.2. The molecule has 3 aromatic rings. The molecule has 1 aliphatic rings. The van der Waals surface area contributed by atoms with Crippen molar-refractivity contribution in [1.82, 2.24) is 9.69 Å². The molecule has 206 valence electrons. The first-order chi connectivity index (χ1) is 18.8. The summed E-state index contributed by atoms with van der Waals surface area (Å²) in [6, 6.07) is 11.3. The number of rotatable bonds is 10. The van der Waals surface area contributed by atoms with E-state index in [1.165, 1.54) is 19.1 Å². The van der Waals surface area contributed by atoms with Gasteiger partial charge in [0.25, 0.3) is 11.8 Å². The number of aromatic nitrogens is 1. The molecule has 1 saturated carbocycles. The van der Waals surface area contributed by atoms with Gasteiger partial charge in [-0.3, -0.25) is 19.3 Å². The first-order valence-electron chi connectivity index (χ1n) is 12.8. The van der Waals surface area contributed by atoms with Crippen LogP contribution in [0.25, 0.3) is 0 Å². The van der Waals surface area contributed by atoms with E-state index in [-0.39, 0.29) is 28.2 Å². The maximum Gasteiger partial charge on any atom is 0.273 e. The highest BCUT2D eigenvalue weighted by Gasteiger charge is 2.38. The molecule has 1 aromatic heterocycles. The number of aryl methyl sites for hydroxylation is 1. The molecule has 1 aliphatic carbocycles. The number of carbonyl (C=O) groups is 3. The van der Waals surface area contributed by atoms with Gasteiger partial charge in [-0.25, -0.2) is 0 Å². The number of nitrogens with two attached hydrogens (primary N) is 2. The van der Waals surface area contributed by atoms with Crippen molar-refractivity contribution in [3.8, 4) is 11.5 Å². The third kappa shape index (κ3) is 5.83. The molecule has 39 heavy (non-hydrogen) atoms. The maximum absolute atomic E-state index is 14.3. The minimum atomic E-state index is -1.16. The molecule has 0 radical (unpaired) electrons. The molecule has 4 rings (SSSR count). The number of hydrogen-bond donors (Lipinski definition) is 3. The Morgan fingerprint density at radius 1 is 1.10 bits per heavy atom. The molecule has 1 fully saturated rings. The summed E-state index contributed by atoms with van der Waals surface area (Å²) in [5.74, 6) is -0.920. The van der Waals surface area contributed by atoms with Crippen LogP contribution in [-0.2, 0) is 11.2 Å². The molecule has 2 aromatic carbocycles. The van der Waals surface area contributed by atoms with Gasteiger partial charge in [-0.05, 0) is 66.7 Å². The average molecular weight is 552 g/mol. The summed E-state index contributed by atoms with van der Waals surface area (Å²) in [4.78, 5) is 41.6. The van der Waals surface area contributed by atoms with Gasteiger partial charge in [0.2, 0.25) is 5.91 Å². The Hall–Kier alpha value is -4.12. The quantitative estimate of drug-likeness (QED) is 0.346. The van der Waals surface area contributed by atoms with Gasteiger partial charge < -0.3 is 26.3 Å². The van der Waals surface area contributed by atoms with Crippen LogP contribution in [0.15, 0.2) is 42.5 Å². The van der Waals surface area contributed by atoms with Crippen LogP contribution in [0.2, 0.25) is 0 Å². The molecule has 0 bridgehead atoms. The number of carbonyl (C=O) groups excluding carboxylic acids is 3. The van der Waals surface area contributed by atoms with Crippen molar-refractivity contribution in [2.45, 2.75) is 51.1 Å². The van der Waals surface area contributed by atoms with Crippen molar-refractivity contribution in [3.63, 3.8) is 0 Å². The topological polar surface area (TPSA) is 150 Å². The lowest BCUT2D eigenvalue weighted by Crippen LogP contribution is -2.46. The second-order valence-electron chi connectivity index (χ2n) is 9.33. The summed E-state index contributed by atoms with van der Waals surface area (Å²) in [7, 11) is 3.02. The number of primary amides is 1. The normalized spacial score (nSPS) is 14.0. The molecule has 0 aliphatic heterocycles. The lowest BCUT2D eigenvalue weighted by molar-refractivity contribution is -0.123. The monoisotopic (exact) mass is 551 g/mol. The summed E-state index contributed by atoms with van der Waals surface area (Å²) >= 11 is 0.763. The number of hydrogen-bond acceptors (Lipinski definition) is 8. The van der Waals surface area contributed by atoms with E-state index in [9.17, 15) is 14.4 Å². The number of nitrogens with zero attached hydrogens (tertiary/aromatic N) is 2. The second kappa shape index (κ2) is 12.2. The lowest BCUT2D eigenvalue weighted by atomic mass is 9.99. The predicted octanol–water partition coefficient (Wildman–Crippen LogP) is 3.85. The third-order valence-corrected chi connectivity index (χ3v) is 7.79. The van der Waals surface area contributed by atoms with Gasteiger partial charge in [0.1, 0.15) is 22.4 Å². The van der Waals surface area contributed by atoms with Gasteiger partial charge in [-0.1, -0.05) is 31.9 Å². The number of ether oxygens (including phenoxy) is 2. The van der Waals surface area contributed by atoms with E-state index >= 15 is 0 Å². The van der Waals surface area contributed by atoms with Gasteiger partial charge >= 0.3 is 0 Å². The molecule has 11 heteroatoms. The van der Waals surface area contributed by atoms with Gasteiger partial charge in [0.15, 0.2) is 5.69 Å². The van der Waals surface area contributed by atoms with Crippen LogP contribution < -0.4 is 31.2 Å². The van der Waals surface area contributed by atoms with Crippen LogP contribution >= 0.6 is 11.5 Å². The molecular weight excluding hydrogens is 518 g/mol. The van der Waals surface area contributed by atoms with E-state index in [1.807, 2.05) is 19.1 Å². The highest BCUT2D eigenvalue weighted by molar-refractivity contribution is 7.09. The molecule has 0 saturated heterocycles. The molecule has 5 N–H and O–H groups in total. The van der Waals surface area contributed by atoms with Crippen molar-refractivity contribution in [2.24, 2.45) is 5.73 Å². The first-order valence-corrected chi connectivity index (χ1v) is 13.6. The van der Waals surface area contributed by atoms with Crippen molar-refractivity contribution < 1.29 is 23.9 Å². The Balaban J connectivity index is 1.93. The number of methoxy groups -OCH3 is 2. The smallest absolute Gasteiger partial charge is 0.273 e. The zero-order valence-electron chi connectivity index (χ0n) is 22.2. The highest BCUT2D eigenvalue weighted by atomic mass is 32.1. The molecule has 0 spiro atoms. The molecular formula is C28H33N5O5S. The van der Waals surface area contributed by atoms with E-state index < -0.39 is 17.9 Å².